The second-order valence-electron chi connectivity index (χ2n) is 8.61. The Morgan fingerprint density at radius 2 is 2.07 bits per heavy atom. The average Bonchev–Trinajstić information content (AvgIpc) is 3.26. The van der Waals surface area contributed by atoms with E-state index in [-0.39, 0.29) is 23.7 Å². The molecule has 0 spiro atoms. The molecule has 6 heteroatoms. The van der Waals surface area contributed by atoms with Crippen molar-refractivity contribution in [3.8, 4) is 0 Å². The first-order chi connectivity index (χ1) is 14.1. The SMILES string of the molecule is C[C@@H]1C[C@@H](CC(=O)c2cc(C3CC3)on2)CCN1C(=O)c1ccc2c(c1)N=CC2. The number of rotatable bonds is 5. The molecule has 3 aliphatic rings. The molecule has 1 aliphatic carbocycles. The van der Waals surface area contributed by atoms with E-state index in [1.54, 1.807) is 0 Å². The van der Waals surface area contributed by atoms with Gasteiger partial charge in [0.05, 0.1) is 5.69 Å². The number of hydrogen-bond acceptors (Lipinski definition) is 5. The molecule has 0 bridgehead atoms. The third kappa shape index (κ3) is 3.63. The minimum atomic E-state index is 0.0501. The molecule has 2 fully saturated rings. The number of carbonyl (C=O) groups is 2. The highest BCUT2D eigenvalue weighted by Gasteiger charge is 2.32. The van der Waals surface area contributed by atoms with E-state index < -0.39 is 0 Å². The molecule has 1 saturated heterocycles. The molecule has 0 N–H and O–H groups in total. The van der Waals surface area contributed by atoms with E-state index in [0.29, 0.717) is 30.1 Å². The zero-order valence-electron chi connectivity index (χ0n) is 16.6. The molecule has 29 heavy (non-hydrogen) atoms. The Hall–Kier alpha value is -2.76. The van der Waals surface area contributed by atoms with Crippen molar-refractivity contribution in [2.45, 2.75) is 57.4 Å². The van der Waals surface area contributed by atoms with Crippen LogP contribution in [-0.4, -0.2) is 40.5 Å². The Bertz CT molecular complexity index is 989. The number of ketones is 1. The number of likely N-dealkylation sites (tertiary alicyclic amines) is 1. The van der Waals surface area contributed by atoms with Crippen LogP contribution in [0.1, 0.15) is 77.1 Å². The molecule has 1 saturated carbocycles. The van der Waals surface area contributed by atoms with Crippen LogP contribution in [0.3, 0.4) is 0 Å². The molecule has 3 heterocycles. The summed E-state index contributed by atoms with van der Waals surface area (Å²) in [6, 6.07) is 7.72. The molecule has 1 aromatic heterocycles. The maximum absolute atomic E-state index is 13.0. The van der Waals surface area contributed by atoms with E-state index in [2.05, 4.69) is 17.1 Å². The fourth-order valence-electron chi connectivity index (χ4n) is 4.50. The lowest BCUT2D eigenvalue weighted by Gasteiger charge is -2.37. The first-order valence-electron chi connectivity index (χ1n) is 10.5. The molecule has 1 amide bonds. The Balaban J connectivity index is 1.20. The number of aliphatic imine (C=N–C) groups is 1. The number of nitrogens with zero attached hydrogens (tertiary/aromatic N) is 3. The van der Waals surface area contributed by atoms with Gasteiger partial charge in [-0.3, -0.25) is 14.6 Å². The van der Waals surface area contributed by atoms with Crippen molar-refractivity contribution in [3.05, 3.63) is 46.8 Å². The van der Waals surface area contributed by atoms with E-state index in [9.17, 15) is 9.59 Å². The van der Waals surface area contributed by atoms with Crippen LogP contribution < -0.4 is 0 Å². The van der Waals surface area contributed by atoms with Crippen LogP contribution in [0.25, 0.3) is 0 Å². The number of fused-ring (bicyclic) bond motifs is 1. The van der Waals surface area contributed by atoms with Gasteiger partial charge in [-0.1, -0.05) is 11.2 Å². The van der Waals surface area contributed by atoms with Crippen molar-refractivity contribution in [3.63, 3.8) is 0 Å². The van der Waals surface area contributed by atoms with E-state index in [1.165, 1.54) is 5.56 Å². The highest BCUT2D eigenvalue weighted by atomic mass is 16.5. The normalized spacial score (nSPS) is 23.3. The summed E-state index contributed by atoms with van der Waals surface area (Å²) in [5, 5.41) is 3.97. The third-order valence-corrected chi connectivity index (χ3v) is 6.39. The van der Waals surface area contributed by atoms with E-state index >= 15 is 0 Å². The molecule has 6 nitrogen and oxygen atoms in total. The Morgan fingerprint density at radius 3 is 2.86 bits per heavy atom. The minimum Gasteiger partial charge on any atom is -0.360 e. The van der Waals surface area contributed by atoms with Crippen LogP contribution in [0.15, 0.2) is 33.8 Å². The Morgan fingerprint density at radius 1 is 1.21 bits per heavy atom. The van der Waals surface area contributed by atoms with Gasteiger partial charge in [-0.15, -0.1) is 0 Å². The van der Waals surface area contributed by atoms with Gasteiger partial charge in [-0.05, 0) is 56.2 Å². The lowest BCUT2D eigenvalue weighted by atomic mass is 9.86. The predicted molar refractivity (Wildman–Crippen MR) is 109 cm³/mol. The highest BCUT2D eigenvalue weighted by Crippen LogP contribution is 2.40. The number of aromatic nitrogens is 1. The molecule has 0 unspecified atom stereocenters. The summed E-state index contributed by atoms with van der Waals surface area (Å²) >= 11 is 0. The Kier molecular flexibility index (Phi) is 4.57. The van der Waals surface area contributed by atoms with Gasteiger partial charge in [0.15, 0.2) is 5.78 Å². The quantitative estimate of drug-likeness (QED) is 0.711. The van der Waals surface area contributed by atoms with Crippen LogP contribution in [0.4, 0.5) is 5.69 Å². The lowest BCUT2D eigenvalue weighted by molar-refractivity contribution is 0.0565. The largest absolute Gasteiger partial charge is 0.360 e. The number of hydrogen-bond donors (Lipinski definition) is 0. The fraction of sp³-hybridized carbons (Fsp3) is 0.478. The molecular formula is C23H25N3O3. The van der Waals surface area contributed by atoms with Crippen LogP contribution in [0, 0.1) is 5.92 Å². The second-order valence-corrected chi connectivity index (χ2v) is 8.61. The standard InChI is InChI=1S/C23H25N3O3/c1-14-10-15(11-21(27)20-13-22(29-25-20)17-3-4-17)7-9-26(14)23(28)18-5-2-16-6-8-24-19(16)12-18/h2,5,8,12-15,17H,3-4,6-7,9-11H2,1H3/t14-,15+/m1/s1. The van der Waals surface area contributed by atoms with Gasteiger partial charge in [0.25, 0.3) is 5.91 Å². The monoisotopic (exact) mass is 391 g/mol. The van der Waals surface area contributed by atoms with Crippen LogP contribution in [-0.2, 0) is 6.42 Å². The molecule has 5 rings (SSSR count). The summed E-state index contributed by atoms with van der Waals surface area (Å²) in [6.07, 6.45) is 7.11. The summed E-state index contributed by atoms with van der Waals surface area (Å²) < 4.78 is 5.32. The van der Waals surface area contributed by atoms with Gasteiger partial charge in [-0.25, -0.2) is 0 Å². The van der Waals surface area contributed by atoms with Gasteiger partial charge >= 0.3 is 0 Å². The molecule has 2 aliphatic heterocycles. The minimum absolute atomic E-state index is 0.0501. The van der Waals surface area contributed by atoms with E-state index in [0.717, 1.165) is 43.6 Å². The molecular weight excluding hydrogens is 366 g/mol. The first kappa shape index (κ1) is 18.3. The Labute approximate surface area is 170 Å². The zero-order valence-corrected chi connectivity index (χ0v) is 16.6. The lowest BCUT2D eigenvalue weighted by Crippen LogP contribution is -2.45. The van der Waals surface area contributed by atoms with Crippen LogP contribution in [0.5, 0.6) is 0 Å². The fourth-order valence-corrected chi connectivity index (χ4v) is 4.50. The van der Waals surface area contributed by atoms with Gasteiger partial charge in [-0.2, -0.15) is 0 Å². The number of benzene rings is 1. The van der Waals surface area contributed by atoms with Crippen LogP contribution >= 0.6 is 0 Å². The summed E-state index contributed by atoms with van der Waals surface area (Å²) in [5.41, 5.74) is 3.22. The molecule has 2 aromatic rings. The van der Waals surface area contributed by atoms with Crippen LogP contribution in [0.2, 0.25) is 0 Å². The maximum Gasteiger partial charge on any atom is 0.254 e. The van der Waals surface area contributed by atoms with Crippen molar-refractivity contribution < 1.29 is 14.1 Å². The summed E-state index contributed by atoms with van der Waals surface area (Å²) in [4.78, 5) is 31.9. The summed E-state index contributed by atoms with van der Waals surface area (Å²) in [7, 11) is 0. The number of amides is 1. The number of piperidine rings is 1. The molecule has 2 atom stereocenters. The van der Waals surface area contributed by atoms with Crippen molar-refractivity contribution in [1.29, 1.82) is 0 Å². The topological polar surface area (TPSA) is 75.8 Å². The number of Topliss-reactive ketones (excluding diaryl/α,β-unsaturated/α-hetero) is 1. The predicted octanol–water partition coefficient (Wildman–Crippen LogP) is 4.32. The molecule has 150 valence electrons. The summed E-state index contributed by atoms with van der Waals surface area (Å²) in [5.74, 6) is 1.68. The van der Waals surface area contributed by atoms with Crippen molar-refractivity contribution in [1.82, 2.24) is 10.1 Å². The highest BCUT2D eigenvalue weighted by molar-refractivity contribution is 5.96. The van der Waals surface area contributed by atoms with Crippen molar-refractivity contribution in [2.24, 2.45) is 10.9 Å². The van der Waals surface area contributed by atoms with Gasteiger partial charge in [0, 0.05) is 49.2 Å². The number of carbonyl (C=O) groups excluding carboxylic acids is 2. The van der Waals surface area contributed by atoms with Gasteiger partial charge in [0.2, 0.25) is 0 Å². The van der Waals surface area contributed by atoms with Gasteiger partial charge in [0.1, 0.15) is 11.5 Å². The second kappa shape index (κ2) is 7.25. The maximum atomic E-state index is 13.0. The van der Waals surface area contributed by atoms with Crippen molar-refractivity contribution in [2.75, 3.05) is 6.54 Å². The smallest absolute Gasteiger partial charge is 0.254 e. The van der Waals surface area contributed by atoms with Crippen molar-refractivity contribution >= 4 is 23.6 Å². The average molecular weight is 391 g/mol. The molecule has 1 aromatic carbocycles. The summed E-state index contributed by atoms with van der Waals surface area (Å²) in [6.45, 7) is 2.74. The zero-order chi connectivity index (χ0) is 20.0. The molecule has 0 radical (unpaired) electrons. The third-order valence-electron chi connectivity index (χ3n) is 6.39. The van der Waals surface area contributed by atoms with Gasteiger partial charge < -0.3 is 9.42 Å². The first-order valence-corrected chi connectivity index (χ1v) is 10.5. The van der Waals surface area contributed by atoms with E-state index in [1.807, 2.05) is 35.4 Å². The van der Waals surface area contributed by atoms with E-state index in [4.69, 9.17) is 4.52 Å².